The van der Waals surface area contributed by atoms with Crippen LogP contribution < -0.4 is 0 Å². The van der Waals surface area contributed by atoms with Gasteiger partial charge in [0.05, 0.1) is 4.88 Å². The largest absolute Gasteiger partial charge is 0.338 e. The predicted molar refractivity (Wildman–Crippen MR) is 123 cm³/mol. The van der Waals surface area contributed by atoms with Gasteiger partial charge in [-0.3, -0.25) is 4.79 Å². The third kappa shape index (κ3) is 3.98. The predicted octanol–water partition coefficient (Wildman–Crippen LogP) is 6.77. The average Bonchev–Trinajstić information content (AvgIpc) is 3.19. The molecule has 0 N–H and O–H groups in total. The number of thioether (sulfide) groups is 1. The molecule has 1 fully saturated rings. The van der Waals surface area contributed by atoms with Crippen molar-refractivity contribution in [3.63, 3.8) is 0 Å². The number of fused-ring (bicyclic) bond motifs is 3. The molecule has 1 aromatic heterocycles. The number of hydrogen-bond donors (Lipinski definition) is 0. The van der Waals surface area contributed by atoms with Gasteiger partial charge in [-0.2, -0.15) is 0 Å². The van der Waals surface area contributed by atoms with Crippen LogP contribution in [0.5, 0.6) is 0 Å². The number of rotatable bonds is 3. The molecule has 1 amide bonds. The van der Waals surface area contributed by atoms with Crippen LogP contribution in [0.3, 0.4) is 0 Å². The van der Waals surface area contributed by atoms with Crippen molar-refractivity contribution in [3.05, 3.63) is 75.6 Å². The molecule has 2 nitrogen and oxygen atoms in total. The van der Waals surface area contributed by atoms with E-state index in [0.717, 1.165) is 48.0 Å². The highest BCUT2D eigenvalue weighted by Gasteiger charge is 2.27. The van der Waals surface area contributed by atoms with Crippen LogP contribution in [0.15, 0.2) is 59.5 Å². The number of nitrogens with zero attached hydrogens (tertiary/aromatic N) is 1. The molecule has 0 aliphatic carbocycles. The summed E-state index contributed by atoms with van der Waals surface area (Å²) in [5.74, 6) is 1.78. The quantitative estimate of drug-likeness (QED) is 0.448. The van der Waals surface area contributed by atoms with Gasteiger partial charge in [0.1, 0.15) is 0 Å². The fourth-order valence-corrected chi connectivity index (χ4v) is 6.93. The van der Waals surface area contributed by atoms with E-state index in [9.17, 15) is 4.79 Å². The minimum Gasteiger partial charge on any atom is -0.338 e. The Balaban J connectivity index is 1.27. The molecule has 0 radical (unpaired) electrons. The van der Waals surface area contributed by atoms with Crippen LogP contribution in [0.25, 0.3) is 10.4 Å². The van der Waals surface area contributed by atoms with Crippen LogP contribution >= 0.6 is 34.7 Å². The zero-order valence-electron chi connectivity index (χ0n) is 16.1. The lowest BCUT2D eigenvalue weighted by molar-refractivity contribution is 0.0695. The molecular formula is C24H22ClNOS2. The summed E-state index contributed by atoms with van der Waals surface area (Å²) < 4.78 is 0. The normalized spacial score (nSPS) is 16.4. The molecule has 1 saturated heterocycles. The lowest BCUT2D eigenvalue weighted by atomic mass is 9.90. The molecule has 5 rings (SSSR count). The van der Waals surface area contributed by atoms with Crippen molar-refractivity contribution in [3.8, 4) is 10.4 Å². The monoisotopic (exact) mass is 439 g/mol. The van der Waals surface area contributed by atoms with Gasteiger partial charge in [-0.15, -0.1) is 23.1 Å². The summed E-state index contributed by atoms with van der Waals surface area (Å²) in [4.78, 5) is 18.5. The summed E-state index contributed by atoms with van der Waals surface area (Å²) >= 11 is 9.60. The molecule has 2 aromatic carbocycles. The lowest BCUT2D eigenvalue weighted by Gasteiger charge is -2.31. The topological polar surface area (TPSA) is 20.3 Å². The molecular weight excluding hydrogens is 418 g/mol. The van der Waals surface area contributed by atoms with Gasteiger partial charge in [0.15, 0.2) is 0 Å². The van der Waals surface area contributed by atoms with E-state index in [1.165, 1.54) is 26.5 Å². The van der Waals surface area contributed by atoms with E-state index in [-0.39, 0.29) is 5.91 Å². The number of piperidine rings is 1. The molecule has 0 saturated carbocycles. The minimum atomic E-state index is 0.197. The molecule has 0 unspecified atom stereocenters. The van der Waals surface area contributed by atoms with Crippen molar-refractivity contribution in [2.75, 3.05) is 13.1 Å². The van der Waals surface area contributed by atoms with Crippen molar-refractivity contribution in [2.24, 2.45) is 5.92 Å². The van der Waals surface area contributed by atoms with E-state index in [2.05, 4.69) is 47.4 Å². The first kappa shape index (κ1) is 19.2. The Morgan fingerprint density at radius 3 is 2.66 bits per heavy atom. The van der Waals surface area contributed by atoms with E-state index >= 15 is 0 Å². The van der Waals surface area contributed by atoms with Crippen molar-refractivity contribution in [1.82, 2.24) is 4.90 Å². The van der Waals surface area contributed by atoms with E-state index in [1.807, 2.05) is 12.1 Å². The third-order valence-electron chi connectivity index (χ3n) is 5.86. The standard InChI is InChI=1S/C24H22ClNOS2/c25-19-6-7-20-21(14-19)28-15-18-13-22(29-23(18)20)24(27)26-10-8-17(9-11-26)12-16-4-2-1-3-5-16/h1-7,13-14,17H,8-12,15H2. The zero-order chi connectivity index (χ0) is 19.8. The molecule has 148 valence electrons. The Bertz CT molecular complexity index is 1040. The van der Waals surface area contributed by atoms with E-state index in [4.69, 9.17) is 11.6 Å². The van der Waals surface area contributed by atoms with Crippen LogP contribution in [-0.4, -0.2) is 23.9 Å². The highest BCUT2D eigenvalue weighted by Crippen LogP contribution is 2.46. The molecule has 2 aliphatic heterocycles. The number of halogens is 1. The van der Waals surface area contributed by atoms with Crippen molar-refractivity contribution < 1.29 is 4.79 Å². The first-order valence-corrected chi connectivity index (χ1v) is 12.2. The van der Waals surface area contributed by atoms with Gasteiger partial charge in [-0.05, 0) is 54.5 Å². The van der Waals surface area contributed by atoms with Gasteiger partial charge in [-0.1, -0.05) is 48.0 Å². The summed E-state index contributed by atoms with van der Waals surface area (Å²) in [6, 6.07) is 18.9. The number of carbonyl (C=O) groups excluding carboxylic acids is 1. The second kappa shape index (κ2) is 8.17. The first-order valence-electron chi connectivity index (χ1n) is 10.1. The molecule has 0 atom stereocenters. The molecule has 5 heteroatoms. The molecule has 29 heavy (non-hydrogen) atoms. The second-order valence-corrected chi connectivity index (χ2v) is 10.3. The van der Waals surface area contributed by atoms with E-state index in [0.29, 0.717) is 5.92 Å². The summed E-state index contributed by atoms with van der Waals surface area (Å²) in [6.45, 7) is 1.72. The van der Waals surface area contributed by atoms with Gasteiger partial charge in [0.25, 0.3) is 5.91 Å². The van der Waals surface area contributed by atoms with Crippen LogP contribution in [-0.2, 0) is 12.2 Å². The van der Waals surface area contributed by atoms with Crippen LogP contribution in [0, 0.1) is 5.92 Å². The minimum absolute atomic E-state index is 0.197. The number of carbonyl (C=O) groups is 1. The summed E-state index contributed by atoms with van der Waals surface area (Å²) in [5.41, 5.74) is 3.89. The maximum atomic E-state index is 13.2. The van der Waals surface area contributed by atoms with Crippen molar-refractivity contribution >= 4 is 40.6 Å². The number of hydrogen-bond acceptors (Lipinski definition) is 3. The third-order valence-corrected chi connectivity index (χ3v) is 8.40. The Hall–Kier alpha value is -1.75. The smallest absolute Gasteiger partial charge is 0.263 e. The maximum Gasteiger partial charge on any atom is 0.263 e. The number of thiophene rings is 1. The number of likely N-dealkylation sites (tertiary alicyclic amines) is 1. The molecule has 3 aromatic rings. The SMILES string of the molecule is O=C(c1cc2c(s1)-c1ccc(Cl)cc1SC2)N1CCC(Cc2ccccc2)CC1. The second-order valence-electron chi connectivity index (χ2n) is 7.82. The van der Waals surface area contributed by atoms with Crippen molar-refractivity contribution in [2.45, 2.75) is 29.9 Å². The Morgan fingerprint density at radius 1 is 1.07 bits per heavy atom. The molecule has 0 bridgehead atoms. The maximum absolute atomic E-state index is 13.2. The molecule has 2 aliphatic rings. The number of benzene rings is 2. The fraction of sp³-hybridized carbons (Fsp3) is 0.292. The molecule has 0 spiro atoms. The van der Waals surface area contributed by atoms with Gasteiger partial charge in [-0.25, -0.2) is 0 Å². The van der Waals surface area contributed by atoms with Gasteiger partial charge < -0.3 is 4.90 Å². The molecule has 3 heterocycles. The summed E-state index contributed by atoms with van der Waals surface area (Å²) in [7, 11) is 0. The lowest BCUT2D eigenvalue weighted by Crippen LogP contribution is -2.38. The zero-order valence-corrected chi connectivity index (χ0v) is 18.5. The van der Waals surface area contributed by atoms with Crippen molar-refractivity contribution in [1.29, 1.82) is 0 Å². The fourth-order valence-electron chi connectivity index (χ4n) is 4.27. The van der Waals surface area contributed by atoms with Crippen LogP contribution in [0.1, 0.15) is 33.6 Å². The first-order chi connectivity index (χ1) is 14.2. The van der Waals surface area contributed by atoms with Gasteiger partial charge in [0.2, 0.25) is 0 Å². The summed E-state index contributed by atoms with van der Waals surface area (Å²) in [6.07, 6.45) is 3.29. The summed E-state index contributed by atoms with van der Waals surface area (Å²) in [5, 5.41) is 0.769. The van der Waals surface area contributed by atoms with E-state index < -0.39 is 0 Å². The number of amides is 1. The van der Waals surface area contributed by atoms with Crippen LogP contribution in [0.4, 0.5) is 0 Å². The average molecular weight is 440 g/mol. The Kier molecular flexibility index (Phi) is 5.42. The highest BCUT2D eigenvalue weighted by atomic mass is 35.5. The van der Waals surface area contributed by atoms with Gasteiger partial charge in [0, 0.05) is 39.2 Å². The Labute approximate surface area is 184 Å². The van der Waals surface area contributed by atoms with Gasteiger partial charge >= 0.3 is 0 Å². The highest BCUT2D eigenvalue weighted by molar-refractivity contribution is 7.98. The van der Waals surface area contributed by atoms with Crippen LogP contribution in [0.2, 0.25) is 5.02 Å². The Morgan fingerprint density at radius 2 is 1.86 bits per heavy atom. The van der Waals surface area contributed by atoms with E-state index in [1.54, 1.807) is 23.1 Å².